The fourth-order valence-corrected chi connectivity index (χ4v) is 2.25. The molecule has 1 heterocycles. The normalized spacial score (nSPS) is 16.6. The first kappa shape index (κ1) is 16.6. The van der Waals surface area contributed by atoms with E-state index in [1.807, 2.05) is 6.92 Å². The Bertz CT molecular complexity index is 551. The van der Waals surface area contributed by atoms with Gasteiger partial charge in [0.05, 0.1) is 4.90 Å². The first-order chi connectivity index (χ1) is 9.21. The Morgan fingerprint density at radius 1 is 1.25 bits per heavy atom. The fourth-order valence-electron chi connectivity index (χ4n) is 1.77. The van der Waals surface area contributed by atoms with Gasteiger partial charge in [0.25, 0.3) is 10.1 Å². The first-order valence-electron chi connectivity index (χ1n) is 6.23. The Labute approximate surface area is 118 Å². The standard InChI is InChI=1S/C7H8O3S.C6H11NO2/c1-6-2-4-7(5-3-6)11(8,9)10;1-5(8)7-4-2-3-6(7)9/h2-5H,1H3,(H,8,9,10);5,8H,2-4H2,1H3. The van der Waals surface area contributed by atoms with Gasteiger partial charge in [-0.05, 0) is 32.4 Å². The maximum Gasteiger partial charge on any atom is 0.294 e. The van der Waals surface area contributed by atoms with E-state index < -0.39 is 16.3 Å². The third-order valence-electron chi connectivity index (χ3n) is 2.88. The molecule has 1 fully saturated rings. The Morgan fingerprint density at radius 3 is 2.10 bits per heavy atom. The van der Waals surface area contributed by atoms with Crippen molar-refractivity contribution in [3.05, 3.63) is 29.8 Å². The van der Waals surface area contributed by atoms with Gasteiger partial charge in [0.2, 0.25) is 5.91 Å². The van der Waals surface area contributed by atoms with Crippen LogP contribution < -0.4 is 0 Å². The number of aryl methyl sites for hydroxylation is 1. The van der Waals surface area contributed by atoms with E-state index in [-0.39, 0.29) is 10.8 Å². The average molecular weight is 301 g/mol. The molecule has 1 aliphatic rings. The molecule has 2 N–H and O–H groups in total. The van der Waals surface area contributed by atoms with Crippen LogP contribution in [0.5, 0.6) is 0 Å². The predicted molar refractivity (Wildman–Crippen MR) is 73.6 cm³/mol. The highest BCUT2D eigenvalue weighted by molar-refractivity contribution is 7.85. The minimum Gasteiger partial charge on any atom is -0.374 e. The molecule has 1 aromatic carbocycles. The molecule has 1 aromatic rings. The van der Waals surface area contributed by atoms with Gasteiger partial charge in [-0.2, -0.15) is 8.42 Å². The van der Waals surface area contributed by atoms with Crippen molar-refractivity contribution in [1.82, 2.24) is 4.90 Å². The van der Waals surface area contributed by atoms with Gasteiger partial charge in [-0.3, -0.25) is 9.35 Å². The summed E-state index contributed by atoms with van der Waals surface area (Å²) in [5.41, 5.74) is 0.956. The quantitative estimate of drug-likeness (QED) is 0.800. The van der Waals surface area contributed by atoms with E-state index in [2.05, 4.69) is 0 Å². The van der Waals surface area contributed by atoms with E-state index in [1.54, 1.807) is 19.1 Å². The van der Waals surface area contributed by atoms with Gasteiger partial charge in [0.15, 0.2) is 0 Å². The average Bonchev–Trinajstić information content (AvgIpc) is 2.76. The highest BCUT2D eigenvalue weighted by Crippen LogP contribution is 2.11. The number of carbonyl (C=O) groups is 1. The Hall–Kier alpha value is -1.44. The molecule has 0 radical (unpaired) electrons. The summed E-state index contributed by atoms with van der Waals surface area (Å²) in [7, 11) is -4.02. The van der Waals surface area contributed by atoms with Gasteiger partial charge in [-0.1, -0.05) is 17.7 Å². The van der Waals surface area contributed by atoms with E-state index in [0.29, 0.717) is 6.42 Å². The summed E-state index contributed by atoms with van der Waals surface area (Å²) in [5, 5.41) is 8.93. The lowest BCUT2D eigenvalue weighted by molar-refractivity contribution is -0.135. The van der Waals surface area contributed by atoms with Crippen molar-refractivity contribution in [2.24, 2.45) is 0 Å². The van der Waals surface area contributed by atoms with Crippen LogP contribution >= 0.6 is 0 Å². The number of carbonyl (C=O) groups excluding carboxylic acids is 1. The fraction of sp³-hybridized carbons (Fsp3) is 0.462. The molecule has 2 rings (SSSR count). The summed E-state index contributed by atoms with van der Waals surface area (Å²) in [6.07, 6.45) is 0.897. The van der Waals surface area contributed by atoms with Crippen LogP contribution in [0.25, 0.3) is 0 Å². The molecule has 1 unspecified atom stereocenters. The number of nitrogens with zero attached hydrogens (tertiary/aromatic N) is 1. The Kier molecular flexibility index (Phi) is 5.67. The third kappa shape index (κ3) is 4.92. The van der Waals surface area contributed by atoms with Crippen LogP contribution in [0.15, 0.2) is 29.2 Å². The van der Waals surface area contributed by atoms with E-state index in [1.165, 1.54) is 17.0 Å². The topological polar surface area (TPSA) is 94.9 Å². The van der Waals surface area contributed by atoms with Gasteiger partial charge in [-0.15, -0.1) is 0 Å². The summed E-state index contributed by atoms with van der Waals surface area (Å²) in [4.78, 5) is 12.2. The Morgan fingerprint density at radius 2 is 1.80 bits per heavy atom. The van der Waals surface area contributed by atoms with Gasteiger partial charge in [0, 0.05) is 13.0 Å². The molecule has 112 valence electrons. The summed E-state index contributed by atoms with van der Waals surface area (Å²) in [6.45, 7) is 4.17. The number of aliphatic hydroxyl groups is 1. The zero-order chi connectivity index (χ0) is 15.3. The van der Waals surface area contributed by atoms with Crippen LogP contribution in [-0.4, -0.2) is 41.7 Å². The van der Waals surface area contributed by atoms with Crippen molar-refractivity contribution in [2.75, 3.05) is 6.54 Å². The second kappa shape index (κ2) is 6.83. The molecule has 0 saturated carbocycles. The van der Waals surface area contributed by atoms with Crippen LogP contribution in [0.2, 0.25) is 0 Å². The van der Waals surface area contributed by atoms with E-state index >= 15 is 0 Å². The monoisotopic (exact) mass is 301 g/mol. The second-order valence-electron chi connectivity index (χ2n) is 4.61. The largest absolute Gasteiger partial charge is 0.374 e. The minimum absolute atomic E-state index is 0.0666. The Balaban J connectivity index is 0.000000204. The molecule has 1 saturated heterocycles. The molecule has 6 nitrogen and oxygen atoms in total. The second-order valence-corrected chi connectivity index (χ2v) is 6.03. The zero-order valence-corrected chi connectivity index (χ0v) is 12.3. The van der Waals surface area contributed by atoms with Gasteiger partial charge >= 0.3 is 0 Å². The third-order valence-corrected chi connectivity index (χ3v) is 3.75. The van der Waals surface area contributed by atoms with E-state index in [0.717, 1.165) is 18.5 Å². The lowest BCUT2D eigenvalue weighted by atomic mass is 10.2. The maximum atomic E-state index is 10.8. The van der Waals surface area contributed by atoms with Crippen LogP contribution in [-0.2, 0) is 14.9 Å². The highest BCUT2D eigenvalue weighted by Gasteiger charge is 2.22. The van der Waals surface area contributed by atoms with Crippen LogP contribution in [0.3, 0.4) is 0 Å². The summed E-state index contributed by atoms with van der Waals surface area (Å²) < 4.78 is 29.6. The molecule has 0 aromatic heterocycles. The number of aliphatic hydroxyl groups excluding tert-OH is 1. The first-order valence-corrected chi connectivity index (χ1v) is 7.67. The number of hydrogen-bond donors (Lipinski definition) is 2. The molecule has 1 atom stereocenters. The molecule has 1 aliphatic heterocycles. The predicted octanol–water partition coefficient (Wildman–Crippen LogP) is 1.19. The van der Waals surface area contributed by atoms with Crippen molar-refractivity contribution in [3.63, 3.8) is 0 Å². The summed E-state index contributed by atoms with van der Waals surface area (Å²) in [5.74, 6) is 0.0741. The SMILES string of the molecule is CC(O)N1CCCC1=O.Cc1ccc(S(=O)(=O)O)cc1. The molecule has 0 bridgehead atoms. The van der Waals surface area contributed by atoms with Crippen molar-refractivity contribution < 1.29 is 22.9 Å². The highest BCUT2D eigenvalue weighted by atomic mass is 32.2. The minimum atomic E-state index is -4.02. The van der Waals surface area contributed by atoms with Crippen molar-refractivity contribution in [3.8, 4) is 0 Å². The van der Waals surface area contributed by atoms with Crippen molar-refractivity contribution in [1.29, 1.82) is 0 Å². The molecular weight excluding hydrogens is 282 g/mol. The number of amides is 1. The molecular formula is C13H19NO5S. The van der Waals surface area contributed by atoms with Crippen molar-refractivity contribution in [2.45, 2.75) is 37.8 Å². The van der Waals surface area contributed by atoms with E-state index in [4.69, 9.17) is 9.66 Å². The van der Waals surface area contributed by atoms with Gasteiger partial charge in [-0.25, -0.2) is 0 Å². The summed E-state index contributed by atoms with van der Waals surface area (Å²) in [6, 6.07) is 5.99. The van der Waals surface area contributed by atoms with Crippen LogP contribution in [0.4, 0.5) is 0 Å². The number of likely N-dealkylation sites (tertiary alicyclic amines) is 1. The van der Waals surface area contributed by atoms with Crippen molar-refractivity contribution >= 4 is 16.0 Å². The number of hydrogen-bond acceptors (Lipinski definition) is 4. The van der Waals surface area contributed by atoms with Crippen LogP contribution in [0.1, 0.15) is 25.3 Å². The molecule has 20 heavy (non-hydrogen) atoms. The molecule has 1 amide bonds. The smallest absolute Gasteiger partial charge is 0.294 e. The van der Waals surface area contributed by atoms with Gasteiger partial charge in [0.1, 0.15) is 6.23 Å². The van der Waals surface area contributed by atoms with E-state index in [9.17, 15) is 13.2 Å². The number of rotatable bonds is 2. The number of benzene rings is 1. The lowest BCUT2D eigenvalue weighted by Gasteiger charge is -2.17. The maximum absolute atomic E-state index is 10.8. The lowest BCUT2D eigenvalue weighted by Crippen LogP contribution is -2.33. The van der Waals surface area contributed by atoms with Gasteiger partial charge < -0.3 is 10.0 Å². The molecule has 0 spiro atoms. The van der Waals surface area contributed by atoms with Crippen LogP contribution in [0, 0.1) is 6.92 Å². The molecule has 7 heteroatoms. The summed E-state index contributed by atoms with van der Waals surface area (Å²) >= 11 is 0. The zero-order valence-electron chi connectivity index (χ0n) is 11.5. The molecule has 0 aliphatic carbocycles.